The molecule has 0 amide bonds. The van der Waals surface area contributed by atoms with Crippen LogP contribution in [-0.4, -0.2) is 28.2 Å². The van der Waals surface area contributed by atoms with Gasteiger partial charge in [-0.3, -0.25) is 9.29 Å². The molecule has 0 radical (unpaired) electrons. The smallest absolute Gasteiger partial charge is 0.261 e. The maximum absolute atomic E-state index is 12.4. The molecule has 0 aliphatic heterocycles. The van der Waals surface area contributed by atoms with E-state index in [1.807, 2.05) is 13.8 Å². The lowest BCUT2D eigenvalue weighted by atomic mass is 10.1. The fourth-order valence-electron chi connectivity index (χ4n) is 2.01. The molecule has 0 spiro atoms. The van der Waals surface area contributed by atoms with Gasteiger partial charge in [-0.15, -0.1) is 10.2 Å². The predicted molar refractivity (Wildman–Crippen MR) is 85.9 cm³/mol. The lowest BCUT2D eigenvalue weighted by Gasteiger charge is -2.10. The Morgan fingerprint density at radius 2 is 1.74 bits per heavy atom. The van der Waals surface area contributed by atoms with Crippen molar-refractivity contribution in [2.24, 2.45) is 0 Å². The van der Waals surface area contributed by atoms with Gasteiger partial charge in [-0.05, 0) is 49.2 Å². The topological polar surface area (TPSA) is 89.8 Å². The van der Waals surface area contributed by atoms with Crippen molar-refractivity contribution in [1.29, 1.82) is 0 Å². The van der Waals surface area contributed by atoms with Crippen LogP contribution < -0.4 is 4.72 Å². The molecular weight excluding hydrogens is 314 g/mol. The summed E-state index contributed by atoms with van der Waals surface area (Å²) < 4.78 is 29.0. The van der Waals surface area contributed by atoms with Crippen LogP contribution in [0.25, 0.3) is 5.82 Å². The van der Waals surface area contributed by atoms with E-state index in [9.17, 15) is 8.42 Å². The molecule has 0 fully saturated rings. The third-order valence-electron chi connectivity index (χ3n) is 3.47. The molecule has 0 saturated carbocycles. The lowest BCUT2D eigenvalue weighted by molar-refractivity contribution is 0.601. The van der Waals surface area contributed by atoms with Gasteiger partial charge in [-0.2, -0.15) is 0 Å². The van der Waals surface area contributed by atoms with E-state index in [2.05, 4.69) is 19.9 Å². The first-order valence-corrected chi connectivity index (χ1v) is 8.35. The van der Waals surface area contributed by atoms with Crippen LogP contribution in [-0.2, 0) is 10.0 Å². The fourth-order valence-corrected chi connectivity index (χ4v) is 3.14. The van der Waals surface area contributed by atoms with Crippen LogP contribution in [0.2, 0.25) is 0 Å². The molecule has 0 aliphatic rings. The van der Waals surface area contributed by atoms with E-state index >= 15 is 0 Å². The van der Waals surface area contributed by atoms with Crippen molar-refractivity contribution in [3.63, 3.8) is 0 Å². The molecule has 0 unspecified atom stereocenters. The molecule has 2 heterocycles. The maximum Gasteiger partial charge on any atom is 0.261 e. The van der Waals surface area contributed by atoms with Gasteiger partial charge in [-0.25, -0.2) is 13.4 Å². The molecule has 8 heteroatoms. The fraction of sp³-hybridized carbons (Fsp3) is 0.133. The largest absolute Gasteiger partial charge is 0.278 e. The number of anilines is 1. The Hall–Kier alpha value is -2.74. The molecule has 2 aromatic heterocycles. The normalized spacial score (nSPS) is 11.4. The highest BCUT2D eigenvalue weighted by Crippen LogP contribution is 2.19. The number of aromatic nitrogens is 4. The molecule has 0 saturated heterocycles. The van der Waals surface area contributed by atoms with E-state index in [-0.39, 0.29) is 4.90 Å². The van der Waals surface area contributed by atoms with Crippen LogP contribution in [0.3, 0.4) is 0 Å². The quantitative estimate of drug-likeness (QED) is 0.791. The summed E-state index contributed by atoms with van der Waals surface area (Å²) in [5.41, 5.74) is 2.36. The summed E-state index contributed by atoms with van der Waals surface area (Å²) in [6.07, 6.45) is 4.48. The first-order chi connectivity index (χ1) is 11.0. The molecule has 0 atom stereocenters. The van der Waals surface area contributed by atoms with Crippen LogP contribution in [0.1, 0.15) is 11.1 Å². The number of hydrogen-bond acceptors (Lipinski definition) is 5. The van der Waals surface area contributed by atoms with E-state index in [1.165, 1.54) is 18.9 Å². The number of sulfonamides is 1. The average Bonchev–Trinajstić information content (AvgIpc) is 3.04. The van der Waals surface area contributed by atoms with Crippen LogP contribution in [0, 0.1) is 13.8 Å². The second kappa shape index (κ2) is 5.81. The minimum absolute atomic E-state index is 0.225. The number of pyridine rings is 1. The van der Waals surface area contributed by atoms with E-state index in [4.69, 9.17) is 0 Å². The Balaban J connectivity index is 1.84. The number of nitrogens with one attached hydrogen (secondary N) is 1. The molecule has 118 valence electrons. The third-order valence-corrected chi connectivity index (χ3v) is 4.85. The van der Waals surface area contributed by atoms with Crippen molar-refractivity contribution in [3.8, 4) is 5.82 Å². The first kappa shape index (κ1) is 15.2. The monoisotopic (exact) mass is 329 g/mol. The van der Waals surface area contributed by atoms with Gasteiger partial charge in [0.1, 0.15) is 18.5 Å². The highest BCUT2D eigenvalue weighted by atomic mass is 32.2. The molecule has 23 heavy (non-hydrogen) atoms. The van der Waals surface area contributed by atoms with Gasteiger partial charge in [0.25, 0.3) is 10.0 Å². The molecule has 1 N–H and O–H groups in total. The summed E-state index contributed by atoms with van der Waals surface area (Å²) in [5.74, 6) is 0.601. The minimum atomic E-state index is -3.64. The Bertz CT molecular complexity index is 919. The Morgan fingerprint density at radius 1 is 1.00 bits per heavy atom. The molecule has 0 bridgehead atoms. The number of rotatable bonds is 4. The number of hydrogen-bond donors (Lipinski definition) is 1. The van der Waals surface area contributed by atoms with Gasteiger partial charge in [0.2, 0.25) is 0 Å². The summed E-state index contributed by atoms with van der Waals surface area (Å²) >= 11 is 0. The van der Waals surface area contributed by atoms with Crippen molar-refractivity contribution in [2.75, 3.05) is 4.72 Å². The number of benzene rings is 1. The van der Waals surface area contributed by atoms with Crippen LogP contribution in [0.15, 0.2) is 54.1 Å². The Labute approximate surface area is 134 Å². The van der Waals surface area contributed by atoms with Crippen molar-refractivity contribution in [1.82, 2.24) is 19.7 Å². The zero-order valence-corrected chi connectivity index (χ0v) is 13.4. The van der Waals surface area contributed by atoms with Crippen molar-refractivity contribution < 1.29 is 8.42 Å². The van der Waals surface area contributed by atoms with Crippen molar-refractivity contribution in [3.05, 3.63) is 60.3 Å². The van der Waals surface area contributed by atoms with Gasteiger partial charge in [0.05, 0.1) is 16.8 Å². The van der Waals surface area contributed by atoms with E-state index in [0.29, 0.717) is 11.5 Å². The second-order valence-corrected chi connectivity index (χ2v) is 6.81. The summed E-state index contributed by atoms with van der Waals surface area (Å²) in [5, 5.41) is 7.39. The maximum atomic E-state index is 12.4. The first-order valence-electron chi connectivity index (χ1n) is 6.87. The van der Waals surface area contributed by atoms with Crippen LogP contribution in [0.5, 0.6) is 0 Å². The summed E-state index contributed by atoms with van der Waals surface area (Å²) in [7, 11) is -3.64. The zero-order chi connectivity index (χ0) is 16.4. The lowest BCUT2D eigenvalue weighted by Crippen LogP contribution is -2.13. The van der Waals surface area contributed by atoms with Gasteiger partial charge in [0.15, 0.2) is 0 Å². The number of aryl methyl sites for hydroxylation is 2. The average molecular weight is 329 g/mol. The second-order valence-electron chi connectivity index (χ2n) is 5.13. The summed E-state index contributed by atoms with van der Waals surface area (Å²) in [6.45, 7) is 3.82. The van der Waals surface area contributed by atoms with Gasteiger partial charge in [-0.1, -0.05) is 6.07 Å². The highest BCUT2D eigenvalue weighted by molar-refractivity contribution is 7.92. The predicted octanol–water partition coefficient (Wildman–Crippen LogP) is 2.08. The summed E-state index contributed by atoms with van der Waals surface area (Å²) in [4.78, 5) is 4.41. The molecular formula is C15H15N5O2S. The zero-order valence-electron chi connectivity index (χ0n) is 12.6. The van der Waals surface area contributed by atoms with Gasteiger partial charge in [0, 0.05) is 0 Å². The van der Waals surface area contributed by atoms with Crippen LogP contribution in [0.4, 0.5) is 5.69 Å². The molecule has 7 nitrogen and oxygen atoms in total. The van der Waals surface area contributed by atoms with Gasteiger partial charge < -0.3 is 0 Å². The van der Waals surface area contributed by atoms with E-state index in [0.717, 1.165) is 11.1 Å². The molecule has 3 rings (SSSR count). The minimum Gasteiger partial charge on any atom is -0.278 e. The van der Waals surface area contributed by atoms with Crippen LogP contribution >= 0.6 is 0 Å². The standard InChI is InChI=1S/C15H15N5O2S/c1-11-3-5-14(7-12(11)2)23(21,22)19-13-4-6-15(16-8-13)20-9-17-18-10-20/h3-10,19H,1-2H3. The Morgan fingerprint density at radius 3 is 2.35 bits per heavy atom. The Kier molecular flexibility index (Phi) is 3.83. The number of nitrogens with zero attached hydrogens (tertiary/aromatic N) is 4. The van der Waals surface area contributed by atoms with Crippen molar-refractivity contribution >= 4 is 15.7 Å². The molecule has 3 aromatic rings. The SMILES string of the molecule is Cc1ccc(S(=O)(=O)Nc2ccc(-n3cnnc3)nc2)cc1C. The molecule has 0 aliphatic carbocycles. The van der Waals surface area contributed by atoms with E-state index < -0.39 is 10.0 Å². The van der Waals surface area contributed by atoms with Gasteiger partial charge >= 0.3 is 0 Å². The highest BCUT2D eigenvalue weighted by Gasteiger charge is 2.15. The molecule has 1 aromatic carbocycles. The van der Waals surface area contributed by atoms with Crippen molar-refractivity contribution in [2.45, 2.75) is 18.7 Å². The summed E-state index contributed by atoms with van der Waals surface area (Å²) in [6, 6.07) is 8.35. The third kappa shape index (κ3) is 3.21. The van der Waals surface area contributed by atoms with E-state index in [1.54, 1.807) is 34.9 Å².